The largest absolute Gasteiger partial charge is 0.411 e. The van der Waals surface area contributed by atoms with Crippen molar-refractivity contribution >= 4 is 17.5 Å². The Morgan fingerprint density at radius 3 is 2.52 bits per heavy atom. The molecule has 1 fully saturated rings. The second-order valence-electron chi connectivity index (χ2n) is 7.02. The molecule has 1 atom stereocenters. The average Bonchev–Trinajstić information content (AvgIpc) is 2.97. The lowest BCUT2D eigenvalue weighted by Gasteiger charge is -2.18. The van der Waals surface area contributed by atoms with Crippen LogP contribution in [0.2, 0.25) is 0 Å². The van der Waals surface area contributed by atoms with E-state index in [4.69, 9.17) is 4.42 Å². The predicted molar refractivity (Wildman–Crippen MR) is 91.6 cm³/mol. The van der Waals surface area contributed by atoms with Crippen LogP contribution in [0.5, 0.6) is 0 Å². The van der Waals surface area contributed by atoms with Gasteiger partial charge in [-0.3, -0.25) is 4.79 Å². The summed E-state index contributed by atoms with van der Waals surface area (Å²) in [6, 6.07) is 8.20. The molecular weight excluding hydrogens is 308 g/mol. The van der Waals surface area contributed by atoms with Gasteiger partial charge in [-0.1, -0.05) is 51.1 Å². The summed E-state index contributed by atoms with van der Waals surface area (Å²) >= 11 is 1.41. The van der Waals surface area contributed by atoms with E-state index >= 15 is 0 Å². The Hall–Kier alpha value is -1.62. The molecule has 1 aliphatic rings. The second-order valence-corrected chi connectivity index (χ2v) is 8.17. The Morgan fingerprint density at radius 2 is 1.87 bits per heavy atom. The zero-order chi connectivity index (χ0) is 16.4. The number of hydrogen-bond donors (Lipinski definition) is 0. The average molecular weight is 330 g/mol. The zero-order valence-corrected chi connectivity index (χ0v) is 14.7. The van der Waals surface area contributed by atoms with Gasteiger partial charge in [-0.25, -0.2) is 0 Å². The van der Waals surface area contributed by atoms with Crippen molar-refractivity contribution in [2.45, 2.75) is 62.3 Å². The van der Waals surface area contributed by atoms with Gasteiger partial charge in [0.2, 0.25) is 5.89 Å². The quantitative estimate of drug-likeness (QED) is 0.820. The summed E-state index contributed by atoms with van der Waals surface area (Å²) in [6.45, 7) is 6.56. The van der Waals surface area contributed by atoms with Crippen molar-refractivity contribution in [1.82, 2.24) is 10.2 Å². The number of aromatic nitrogens is 2. The van der Waals surface area contributed by atoms with Gasteiger partial charge >= 0.3 is 0 Å². The Morgan fingerprint density at radius 1 is 1.13 bits per heavy atom. The monoisotopic (exact) mass is 330 g/mol. The van der Waals surface area contributed by atoms with Gasteiger partial charge in [-0.15, -0.1) is 10.2 Å². The van der Waals surface area contributed by atoms with Gasteiger partial charge in [0.15, 0.2) is 0 Å². The lowest BCUT2D eigenvalue weighted by molar-refractivity contribution is -0.119. The molecule has 0 amide bonds. The molecule has 1 heterocycles. The van der Waals surface area contributed by atoms with E-state index < -0.39 is 0 Å². The summed E-state index contributed by atoms with van der Waals surface area (Å²) in [6.07, 6.45) is 3.68. The minimum Gasteiger partial charge on any atom is -0.411 e. The Labute approximate surface area is 141 Å². The fourth-order valence-electron chi connectivity index (χ4n) is 2.68. The first-order valence-corrected chi connectivity index (χ1v) is 8.95. The molecule has 1 saturated carbocycles. The molecule has 0 radical (unpaired) electrons. The Kier molecular flexibility index (Phi) is 4.57. The van der Waals surface area contributed by atoms with E-state index in [1.807, 2.05) is 12.1 Å². The fourth-order valence-corrected chi connectivity index (χ4v) is 3.68. The molecule has 0 bridgehead atoms. The maximum absolute atomic E-state index is 11.9. The van der Waals surface area contributed by atoms with E-state index in [2.05, 4.69) is 43.1 Å². The van der Waals surface area contributed by atoms with Gasteiger partial charge in [0, 0.05) is 12.0 Å². The molecule has 5 heteroatoms. The highest BCUT2D eigenvalue weighted by Gasteiger charge is 2.25. The van der Waals surface area contributed by atoms with Gasteiger partial charge in [0.1, 0.15) is 5.78 Å². The number of ketones is 1. The minimum atomic E-state index is -0.0275. The van der Waals surface area contributed by atoms with Crippen molar-refractivity contribution in [2.24, 2.45) is 0 Å². The van der Waals surface area contributed by atoms with Crippen LogP contribution in [0.15, 0.2) is 33.9 Å². The topological polar surface area (TPSA) is 56.0 Å². The van der Waals surface area contributed by atoms with Gasteiger partial charge in [-0.2, -0.15) is 0 Å². The van der Waals surface area contributed by atoms with E-state index in [0.717, 1.165) is 24.8 Å². The van der Waals surface area contributed by atoms with Crippen LogP contribution < -0.4 is 0 Å². The first-order valence-electron chi connectivity index (χ1n) is 8.07. The zero-order valence-electron chi connectivity index (χ0n) is 13.8. The summed E-state index contributed by atoms with van der Waals surface area (Å²) in [5, 5.41) is 8.67. The lowest BCUT2D eigenvalue weighted by atomic mass is 9.87. The number of nitrogens with zero attached hydrogens (tertiary/aromatic N) is 2. The highest BCUT2D eigenvalue weighted by atomic mass is 32.2. The smallest absolute Gasteiger partial charge is 0.277 e. The van der Waals surface area contributed by atoms with Crippen LogP contribution >= 0.6 is 11.8 Å². The van der Waals surface area contributed by atoms with Crippen LogP contribution in [0.3, 0.4) is 0 Å². The number of Topliss-reactive ketones (excluding diaryl/α,β-unsaturated/α-hetero) is 1. The van der Waals surface area contributed by atoms with Crippen molar-refractivity contribution in [1.29, 1.82) is 0 Å². The molecule has 0 unspecified atom stereocenters. The number of benzene rings is 1. The molecule has 4 nitrogen and oxygen atoms in total. The highest BCUT2D eigenvalue weighted by Crippen LogP contribution is 2.32. The predicted octanol–water partition coefficient (Wildman–Crippen LogP) is 4.64. The summed E-state index contributed by atoms with van der Waals surface area (Å²) in [4.78, 5) is 11.9. The van der Waals surface area contributed by atoms with Crippen LogP contribution in [-0.2, 0) is 10.2 Å². The van der Waals surface area contributed by atoms with Crippen molar-refractivity contribution in [3.05, 3.63) is 29.8 Å². The molecule has 1 aromatic carbocycles. The minimum absolute atomic E-state index is 0.0275. The lowest BCUT2D eigenvalue weighted by Crippen LogP contribution is -2.21. The molecule has 0 aliphatic heterocycles. The van der Waals surface area contributed by atoms with Crippen molar-refractivity contribution in [3.63, 3.8) is 0 Å². The molecule has 1 aromatic heterocycles. The molecule has 1 aliphatic carbocycles. The number of carbonyl (C=O) groups is 1. The normalized spacial score (nSPS) is 19.1. The van der Waals surface area contributed by atoms with Crippen LogP contribution in [0.4, 0.5) is 0 Å². The maximum atomic E-state index is 11.9. The molecule has 2 aromatic rings. The maximum Gasteiger partial charge on any atom is 0.277 e. The van der Waals surface area contributed by atoms with Crippen molar-refractivity contribution in [2.75, 3.05) is 0 Å². The summed E-state index contributed by atoms with van der Waals surface area (Å²) in [5.41, 5.74) is 2.30. The summed E-state index contributed by atoms with van der Waals surface area (Å²) < 4.78 is 5.73. The molecule has 23 heavy (non-hydrogen) atoms. The molecule has 0 N–H and O–H groups in total. The number of thioether (sulfide) groups is 1. The number of carbonyl (C=O) groups excluding carboxylic acids is 1. The SMILES string of the molecule is CC(C)(C)c1ccc(-c2nnc(S[C@H]3CCCCC3=O)o2)cc1. The van der Waals surface area contributed by atoms with Crippen molar-refractivity contribution < 1.29 is 9.21 Å². The van der Waals surface area contributed by atoms with Gasteiger partial charge in [-0.05, 0) is 36.0 Å². The third-order valence-corrected chi connectivity index (χ3v) is 5.30. The van der Waals surface area contributed by atoms with E-state index in [-0.39, 0.29) is 10.7 Å². The molecule has 3 rings (SSSR count). The molecule has 122 valence electrons. The van der Waals surface area contributed by atoms with Crippen LogP contribution in [0.1, 0.15) is 52.0 Å². The fraction of sp³-hybridized carbons (Fsp3) is 0.500. The van der Waals surface area contributed by atoms with E-state index in [0.29, 0.717) is 23.3 Å². The Bertz CT molecular complexity index is 686. The van der Waals surface area contributed by atoms with Crippen LogP contribution in [0, 0.1) is 0 Å². The van der Waals surface area contributed by atoms with E-state index in [1.54, 1.807) is 0 Å². The van der Waals surface area contributed by atoms with Crippen molar-refractivity contribution in [3.8, 4) is 11.5 Å². The van der Waals surface area contributed by atoms with Gasteiger partial charge in [0.25, 0.3) is 5.22 Å². The summed E-state index contributed by atoms with van der Waals surface area (Å²) in [7, 11) is 0. The summed E-state index contributed by atoms with van der Waals surface area (Å²) in [5.74, 6) is 0.812. The van der Waals surface area contributed by atoms with Gasteiger partial charge in [0.05, 0.1) is 5.25 Å². The first-order chi connectivity index (χ1) is 10.9. The highest BCUT2D eigenvalue weighted by molar-refractivity contribution is 8.00. The molecule has 0 spiro atoms. The standard InChI is InChI=1S/C18H22N2O2S/c1-18(2,3)13-10-8-12(9-11-13)16-19-20-17(22-16)23-15-7-5-4-6-14(15)21/h8-11,15H,4-7H2,1-3H3/t15-/m0/s1. The third kappa shape index (κ3) is 3.83. The van der Waals surface area contributed by atoms with E-state index in [9.17, 15) is 4.79 Å². The van der Waals surface area contributed by atoms with Crippen LogP contribution in [0.25, 0.3) is 11.5 Å². The van der Waals surface area contributed by atoms with E-state index in [1.165, 1.54) is 17.3 Å². The molecule has 0 saturated heterocycles. The second kappa shape index (κ2) is 6.48. The Balaban J connectivity index is 1.72. The number of rotatable bonds is 3. The molecular formula is C18H22N2O2S. The van der Waals surface area contributed by atoms with Gasteiger partial charge < -0.3 is 4.42 Å². The van der Waals surface area contributed by atoms with Crippen LogP contribution in [-0.4, -0.2) is 21.2 Å². The first kappa shape index (κ1) is 16.2. The third-order valence-electron chi connectivity index (χ3n) is 4.15. The number of hydrogen-bond acceptors (Lipinski definition) is 5.